The lowest BCUT2D eigenvalue weighted by Crippen LogP contribution is -2.25. The van der Waals surface area contributed by atoms with Gasteiger partial charge in [0.15, 0.2) is 0 Å². The highest BCUT2D eigenvalue weighted by atomic mass is 14.2. The third-order valence-electron chi connectivity index (χ3n) is 3.11. The zero-order valence-corrected chi connectivity index (χ0v) is 11.1. The fourth-order valence-corrected chi connectivity index (χ4v) is 2.13. The average molecular weight is 222 g/mol. The van der Waals surface area contributed by atoms with Gasteiger partial charge in [-0.05, 0) is 26.7 Å². The van der Waals surface area contributed by atoms with Gasteiger partial charge in [0.2, 0.25) is 0 Å². The Morgan fingerprint density at radius 1 is 1.00 bits per heavy atom. The Labute approximate surface area is 105 Å². The predicted octanol–water partition coefficient (Wildman–Crippen LogP) is 2.58. The number of fused-ring (bicyclic) bond motifs is 1. The predicted molar refractivity (Wildman–Crippen MR) is 76.3 cm³/mol. The summed E-state index contributed by atoms with van der Waals surface area (Å²) >= 11 is 0. The third kappa shape index (κ3) is 2.72. The van der Waals surface area contributed by atoms with Crippen LogP contribution < -0.4 is 10.4 Å². The lowest BCUT2D eigenvalue weighted by molar-refractivity contribution is 0.520. The number of hydrogen-bond donors (Lipinski definition) is 0. The van der Waals surface area contributed by atoms with Crippen LogP contribution in [0.3, 0.4) is 0 Å². The largest absolute Gasteiger partial charge is 0.0855 e. The fourth-order valence-electron chi connectivity index (χ4n) is 2.13. The highest BCUT2D eigenvalue weighted by molar-refractivity contribution is 6.20. The lowest BCUT2D eigenvalue weighted by atomic mass is 9.68. The molecular weight excluding hydrogens is 203 g/mol. The quantitative estimate of drug-likeness (QED) is 0.592. The molecule has 0 aliphatic heterocycles. The van der Waals surface area contributed by atoms with Gasteiger partial charge in [0.05, 0.1) is 7.85 Å². The number of rotatable bonds is 0. The van der Waals surface area contributed by atoms with Crippen LogP contribution in [0.2, 0.25) is 5.31 Å². The molecule has 1 aromatic carbocycles. The van der Waals surface area contributed by atoms with Gasteiger partial charge < -0.3 is 0 Å². The van der Waals surface area contributed by atoms with Crippen LogP contribution in [0.4, 0.5) is 0 Å². The van der Waals surface area contributed by atoms with Gasteiger partial charge in [0.25, 0.3) is 0 Å². The molecule has 0 bridgehead atoms. The zero-order valence-electron chi connectivity index (χ0n) is 11.1. The van der Waals surface area contributed by atoms with Crippen LogP contribution in [-0.4, -0.2) is 7.85 Å². The monoisotopic (exact) mass is 222 g/mol. The molecule has 86 valence electrons. The Bertz CT molecular complexity index is 568. The first-order valence-electron chi connectivity index (χ1n) is 6.10. The minimum absolute atomic E-state index is 0.117. The van der Waals surface area contributed by atoms with Crippen molar-refractivity contribution in [1.29, 1.82) is 0 Å². The number of benzene rings is 1. The second kappa shape index (κ2) is 3.91. The van der Waals surface area contributed by atoms with Crippen molar-refractivity contribution in [3.63, 3.8) is 0 Å². The number of hydrogen-bond acceptors (Lipinski definition) is 0. The van der Waals surface area contributed by atoms with E-state index in [-0.39, 0.29) is 10.7 Å². The molecule has 0 fully saturated rings. The standard InChI is InChI=1S/C16H19B/c1-15(2,3)14-9-12-7-5-6-8-13(12)10-16(4,17)11-14/h5-11H,1-4H3. The van der Waals surface area contributed by atoms with Crippen molar-refractivity contribution < 1.29 is 0 Å². The molecule has 1 heteroatoms. The first kappa shape index (κ1) is 12.2. The van der Waals surface area contributed by atoms with Crippen LogP contribution in [-0.2, 0) is 0 Å². The van der Waals surface area contributed by atoms with Gasteiger partial charge >= 0.3 is 0 Å². The summed E-state index contributed by atoms with van der Waals surface area (Å²) in [5, 5.41) is 2.09. The third-order valence-corrected chi connectivity index (χ3v) is 3.11. The Morgan fingerprint density at radius 3 is 2.18 bits per heavy atom. The van der Waals surface area contributed by atoms with Crippen LogP contribution in [0.25, 0.3) is 12.2 Å². The van der Waals surface area contributed by atoms with Crippen LogP contribution >= 0.6 is 0 Å². The van der Waals surface area contributed by atoms with E-state index in [2.05, 4.69) is 70.2 Å². The maximum absolute atomic E-state index is 6.33. The van der Waals surface area contributed by atoms with Crippen molar-refractivity contribution in [2.24, 2.45) is 5.41 Å². The Morgan fingerprint density at radius 2 is 1.59 bits per heavy atom. The molecule has 0 heterocycles. The summed E-state index contributed by atoms with van der Waals surface area (Å²) < 4.78 is 0. The highest BCUT2D eigenvalue weighted by Crippen LogP contribution is 2.34. The molecule has 1 aliphatic rings. The Hall–Kier alpha value is -1.24. The molecule has 1 aliphatic carbocycles. The van der Waals surface area contributed by atoms with Crippen molar-refractivity contribution in [2.45, 2.75) is 33.0 Å². The zero-order chi connectivity index (χ0) is 12.7. The van der Waals surface area contributed by atoms with E-state index in [1.807, 2.05) is 0 Å². The minimum Gasteiger partial charge on any atom is -0.0799 e. The summed E-state index contributed by atoms with van der Waals surface area (Å²) in [6.07, 6.45) is 6.56. The van der Waals surface area contributed by atoms with Crippen LogP contribution in [0, 0.1) is 5.41 Å². The lowest BCUT2D eigenvalue weighted by Gasteiger charge is -2.24. The summed E-state index contributed by atoms with van der Waals surface area (Å²) in [6.45, 7) is 8.71. The molecule has 0 nitrogen and oxygen atoms in total. The van der Waals surface area contributed by atoms with E-state index < -0.39 is 0 Å². The van der Waals surface area contributed by atoms with Crippen LogP contribution in [0.15, 0.2) is 35.9 Å². The SMILES string of the molecule is [B]C1(C)C=C(C(C)(C)C)C=c2ccccc2=C1. The summed E-state index contributed by atoms with van der Waals surface area (Å²) in [7, 11) is 6.33. The second-order valence-electron chi connectivity index (χ2n) is 6.13. The molecule has 0 saturated heterocycles. The summed E-state index contributed by atoms with van der Waals surface area (Å²) in [5.74, 6) is 0. The maximum atomic E-state index is 6.33. The van der Waals surface area contributed by atoms with E-state index in [0.717, 1.165) is 0 Å². The molecule has 0 spiro atoms. The topological polar surface area (TPSA) is 0 Å². The van der Waals surface area contributed by atoms with Crippen molar-refractivity contribution in [3.05, 3.63) is 46.4 Å². The first-order chi connectivity index (χ1) is 7.78. The molecule has 0 aromatic heterocycles. The molecule has 1 aromatic rings. The van der Waals surface area contributed by atoms with Crippen molar-refractivity contribution in [2.75, 3.05) is 0 Å². The van der Waals surface area contributed by atoms with Crippen molar-refractivity contribution in [1.82, 2.24) is 0 Å². The van der Waals surface area contributed by atoms with Gasteiger partial charge in [-0.15, -0.1) is 0 Å². The maximum Gasteiger partial charge on any atom is 0.0855 e. The van der Waals surface area contributed by atoms with Gasteiger partial charge in [0, 0.05) is 0 Å². The first-order valence-corrected chi connectivity index (χ1v) is 6.10. The second-order valence-corrected chi connectivity index (χ2v) is 6.13. The van der Waals surface area contributed by atoms with Gasteiger partial charge in [0.1, 0.15) is 0 Å². The van der Waals surface area contributed by atoms with E-state index in [1.165, 1.54) is 16.0 Å². The molecule has 2 radical (unpaired) electrons. The fraction of sp³-hybridized carbons (Fsp3) is 0.375. The van der Waals surface area contributed by atoms with E-state index in [9.17, 15) is 0 Å². The minimum atomic E-state index is -0.383. The molecule has 17 heavy (non-hydrogen) atoms. The molecule has 0 saturated carbocycles. The van der Waals surface area contributed by atoms with Gasteiger partial charge in [-0.2, -0.15) is 0 Å². The van der Waals surface area contributed by atoms with E-state index in [1.54, 1.807) is 0 Å². The average Bonchev–Trinajstić information content (AvgIpc) is 2.30. The summed E-state index contributed by atoms with van der Waals surface area (Å²) in [6, 6.07) is 8.40. The van der Waals surface area contributed by atoms with Gasteiger partial charge in [-0.1, -0.05) is 70.2 Å². The molecule has 0 N–H and O–H groups in total. The normalized spacial score (nSPS) is 23.9. The van der Waals surface area contributed by atoms with Gasteiger partial charge in [-0.3, -0.25) is 0 Å². The number of allylic oxidation sites excluding steroid dienone is 2. The smallest absolute Gasteiger partial charge is 0.0799 e. The molecule has 2 rings (SSSR count). The van der Waals surface area contributed by atoms with Crippen molar-refractivity contribution in [3.8, 4) is 0 Å². The van der Waals surface area contributed by atoms with Crippen LogP contribution in [0.1, 0.15) is 27.7 Å². The van der Waals surface area contributed by atoms with Crippen molar-refractivity contribution >= 4 is 20.0 Å². The van der Waals surface area contributed by atoms with E-state index in [0.29, 0.717) is 0 Å². The molecule has 1 unspecified atom stereocenters. The Balaban J connectivity index is 2.75. The van der Waals surface area contributed by atoms with Crippen LogP contribution in [0.5, 0.6) is 0 Å². The molecule has 0 amide bonds. The highest BCUT2D eigenvalue weighted by Gasteiger charge is 2.20. The molecule has 1 atom stereocenters. The van der Waals surface area contributed by atoms with Gasteiger partial charge in [-0.25, -0.2) is 0 Å². The summed E-state index contributed by atoms with van der Waals surface area (Å²) in [4.78, 5) is 0. The van der Waals surface area contributed by atoms with E-state index in [4.69, 9.17) is 7.85 Å². The molecular formula is C16H19B. The Kier molecular flexibility index (Phi) is 2.81. The summed E-state index contributed by atoms with van der Waals surface area (Å²) in [5.41, 5.74) is 1.41. The van der Waals surface area contributed by atoms with E-state index >= 15 is 0 Å².